The second kappa shape index (κ2) is 6.74. The van der Waals surface area contributed by atoms with Gasteiger partial charge in [-0.25, -0.2) is 4.39 Å². The summed E-state index contributed by atoms with van der Waals surface area (Å²) in [5.41, 5.74) is 1.28. The highest BCUT2D eigenvalue weighted by Crippen LogP contribution is 2.21. The molecule has 8 heteroatoms. The van der Waals surface area contributed by atoms with Crippen molar-refractivity contribution in [3.63, 3.8) is 0 Å². The van der Waals surface area contributed by atoms with Crippen molar-refractivity contribution < 1.29 is 13.9 Å². The summed E-state index contributed by atoms with van der Waals surface area (Å²) in [6.07, 6.45) is 0. The first-order valence-electron chi connectivity index (χ1n) is 6.94. The highest BCUT2D eigenvalue weighted by Gasteiger charge is 2.11. The van der Waals surface area contributed by atoms with Gasteiger partial charge in [0.15, 0.2) is 11.5 Å². The molecule has 0 aliphatic rings. The smallest absolute Gasteiger partial charge is 0.316 e. The number of rotatable bonds is 5. The first-order chi connectivity index (χ1) is 11.2. The molecule has 118 valence electrons. The minimum absolute atomic E-state index is 0.181. The lowest BCUT2D eigenvalue weighted by Crippen LogP contribution is -2.07. The maximum Gasteiger partial charge on any atom is 0.316 e. The Bertz CT molecular complexity index is 835. The first-order valence-corrected chi connectivity index (χ1v) is 7.93. The van der Waals surface area contributed by atoms with Gasteiger partial charge in [-0.15, -0.1) is 10.2 Å². The van der Waals surface area contributed by atoms with E-state index in [1.54, 1.807) is 35.7 Å². The van der Waals surface area contributed by atoms with E-state index >= 15 is 0 Å². The number of nitrogens with zero attached hydrogens (tertiary/aromatic N) is 4. The van der Waals surface area contributed by atoms with Crippen molar-refractivity contribution in [2.75, 3.05) is 12.4 Å². The Morgan fingerprint density at radius 2 is 2.00 bits per heavy atom. The van der Waals surface area contributed by atoms with Gasteiger partial charge in [-0.3, -0.25) is 4.79 Å². The lowest BCUT2D eigenvalue weighted by Gasteiger charge is -2.03. The molecule has 2 aromatic heterocycles. The third-order valence-electron chi connectivity index (χ3n) is 2.98. The molecular weight excluding hydrogens is 319 g/mol. The molecule has 0 aliphatic heterocycles. The molecule has 3 rings (SSSR count). The van der Waals surface area contributed by atoms with E-state index in [2.05, 4.69) is 15.3 Å². The number of aromatic nitrogens is 4. The molecular formula is C15H13FN4O2S. The zero-order valence-electron chi connectivity index (χ0n) is 12.3. The van der Waals surface area contributed by atoms with E-state index in [0.29, 0.717) is 28.7 Å². The van der Waals surface area contributed by atoms with Crippen molar-refractivity contribution in [2.45, 2.75) is 11.9 Å². The Morgan fingerprint density at radius 1 is 1.22 bits per heavy atom. The Labute approximate surface area is 135 Å². The summed E-state index contributed by atoms with van der Waals surface area (Å²) in [5.74, 6) is 0.0853. The Morgan fingerprint density at radius 3 is 2.74 bits per heavy atom. The van der Waals surface area contributed by atoms with E-state index in [-0.39, 0.29) is 17.5 Å². The number of halogens is 1. The molecule has 3 aromatic rings. The molecule has 23 heavy (non-hydrogen) atoms. The van der Waals surface area contributed by atoms with E-state index in [0.717, 1.165) is 0 Å². The van der Waals surface area contributed by atoms with Crippen molar-refractivity contribution >= 4 is 23.4 Å². The summed E-state index contributed by atoms with van der Waals surface area (Å²) >= 11 is 1.27. The number of benzene rings is 1. The summed E-state index contributed by atoms with van der Waals surface area (Å²) in [6.45, 7) is 2.12. The van der Waals surface area contributed by atoms with Crippen molar-refractivity contribution in [1.82, 2.24) is 19.8 Å². The molecule has 0 saturated carbocycles. The van der Waals surface area contributed by atoms with Gasteiger partial charge in [0.1, 0.15) is 10.8 Å². The molecule has 0 aliphatic carbocycles. The predicted octanol–water partition coefficient (Wildman–Crippen LogP) is 2.59. The second-order valence-corrected chi connectivity index (χ2v) is 5.56. The van der Waals surface area contributed by atoms with Crippen molar-refractivity contribution in [2.24, 2.45) is 0 Å². The molecule has 6 nitrogen and oxygen atoms in total. The second-order valence-electron chi connectivity index (χ2n) is 4.57. The maximum atomic E-state index is 13.0. The highest BCUT2D eigenvalue weighted by molar-refractivity contribution is 7.99. The van der Waals surface area contributed by atoms with E-state index in [9.17, 15) is 9.18 Å². The van der Waals surface area contributed by atoms with Gasteiger partial charge < -0.3 is 4.74 Å². The fraction of sp³-hybridized carbons (Fsp3) is 0.200. The molecule has 0 N–H and O–H groups in total. The van der Waals surface area contributed by atoms with Crippen LogP contribution in [0.3, 0.4) is 0 Å². The molecule has 0 spiro atoms. The average molecular weight is 332 g/mol. The van der Waals surface area contributed by atoms with Crippen LogP contribution < -0.4 is 0 Å². The molecule has 1 aromatic carbocycles. The van der Waals surface area contributed by atoms with Crippen LogP contribution in [0.5, 0.6) is 0 Å². The number of esters is 1. The highest BCUT2D eigenvalue weighted by atomic mass is 32.2. The van der Waals surface area contributed by atoms with Crippen LogP contribution in [0.2, 0.25) is 0 Å². The molecule has 0 saturated heterocycles. The summed E-state index contributed by atoms with van der Waals surface area (Å²) in [6, 6.07) is 9.48. The third kappa shape index (κ3) is 3.48. The van der Waals surface area contributed by atoms with E-state index < -0.39 is 0 Å². The van der Waals surface area contributed by atoms with Crippen LogP contribution in [0.25, 0.3) is 17.0 Å². The van der Waals surface area contributed by atoms with Gasteiger partial charge in [-0.05, 0) is 43.3 Å². The molecule has 2 heterocycles. The van der Waals surface area contributed by atoms with Gasteiger partial charge >= 0.3 is 5.97 Å². The zero-order chi connectivity index (χ0) is 16.2. The number of fused-ring (bicyclic) bond motifs is 1. The van der Waals surface area contributed by atoms with E-state index in [4.69, 9.17) is 4.74 Å². The molecule has 0 amide bonds. The zero-order valence-corrected chi connectivity index (χ0v) is 13.1. The van der Waals surface area contributed by atoms with Crippen LogP contribution >= 0.6 is 11.8 Å². The van der Waals surface area contributed by atoms with Crippen LogP contribution in [-0.4, -0.2) is 38.1 Å². The predicted molar refractivity (Wildman–Crippen MR) is 83.5 cm³/mol. The summed E-state index contributed by atoms with van der Waals surface area (Å²) < 4.78 is 19.5. The van der Waals surface area contributed by atoms with Crippen LogP contribution in [0, 0.1) is 5.82 Å². The van der Waals surface area contributed by atoms with Gasteiger partial charge in [0.2, 0.25) is 0 Å². The maximum absolute atomic E-state index is 13.0. The normalized spacial score (nSPS) is 10.9. The fourth-order valence-corrected chi connectivity index (χ4v) is 2.62. The molecule has 0 unspecified atom stereocenters. The number of carbonyl (C=O) groups is 1. The standard InChI is InChI=1S/C15H13FN4O2S/c1-2-22-14(21)9-23-13-8-7-12-17-18-15(20(12)19-13)10-3-5-11(16)6-4-10/h3-8H,2,9H2,1H3. The minimum atomic E-state index is -0.318. The Balaban J connectivity index is 1.88. The molecule has 0 atom stereocenters. The minimum Gasteiger partial charge on any atom is -0.465 e. The Hall–Kier alpha value is -2.48. The Kier molecular flexibility index (Phi) is 4.52. The lowest BCUT2D eigenvalue weighted by atomic mass is 10.2. The van der Waals surface area contributed by atoms with Crippen LogP contribution in [0.1, 0.15) is 6.92 Å². The third-order valence-corrected chi connectivity index (χ3v) is 3.88. The van der Waals surface area contributed by atoms with Crippen LogP contribution in [-0.2, 0) is 9.53 Å². The summed E-state index contributed by atoms with van der Waals surface area (Å²) in [4.78, 5) is 11.4. The van der Waals surface area contributed by atoms with Gasteiger partial charge in [0.05, 0.1) is 12.4 Å². The quantitative estimate of drug-likeness (QED) is 0.528. The average Bonchev–Trinajstić information content (AvgIpc) is 2.97. The first kappa shape index (κ1) is 15.4. The molecule has 0 radical (unpaired) electrons. The lowest BCUT2D eigenvalue weighted by molar-refractivity contribution is -0.139. The van der Waals surface area contributed by atoms with Crippen LogP contribution in [0.15, 0.2) is 41.4 Å². The van der Waals surface area contributed by atoms with Crippen molar-refractivity contribution in [3.05, 3.63) is 42.2 Å². The number of carbonyl (C=O) groups excluding carboxylic acids is 1. The number of hydrogen-bond acceptors (Lipinski definition) is 6. The van der Waals surface area contributed by atoms with Gasteiger partial charge in [0, 0.05) is 5.56 Å². The number of thioether (sulfide) groups is 1. The summed E-state index contributed by atoms with van der Waals surface area (Å²) in [7, 11) is 0. The van der Waals surface area contributed by atoms with Gasteiger partial charge in [-0.2, -0.15) is 9.61 Å². The fourth-order valence-electron chi connectivity index (χ4n) is 1.96. The van der Waals surface area contributed by atoms with E-state index in [1.807, 2.05) is 0 Å². The summed E-state index contributed by atoms with van der Waals surface area (Å²) in [5, 5.41) is 13.2. The molecule has 0 bridgehead atoms. The number of ether oxygens (including phenoxy) is 1. The van der Waals surface area contributed by atoms with Crippen molar-refractivity contribution in [1.29, 1.82) is 0 Å². The largest absolute Gasteiger partial charge is 0.465 e. The van der Waals surface area contributed by atoms with Gasteiger partial charge in [-0.1, -0.05) is 11.8 Å². The monoisotopic (exact) mass is 332 g/mol. The van der Waals surface area contributed by atoms with Crippen molar-refractivity contribution in [3.8, 4) is 11.4 Å². The topological polar surface area (TPSA) is 69.4 Å². The molecule has 0 fully saturated rings. The van der Waals surface area contributed by atoms with Crippen LogP contribution in [0.4, 0.5) is 4.39 Å². The SMILES string of the molecule is CCOC(=O)CSc1ccc2nnc(-c3ccc(F)cc3)n2n1. The van der Waals surface area contributed by atoms with Gasteiger partial charge in [0.25, 0.3) is 0 Å². The number of hydrogen-bond donors (Lipinski definition) is 0. The van der Waals surface area contributed by atoms with E-state index in [1.165, 1.54) is 23.9 Å².